The summed E-state index contributed by atoms with van der Waals surface area (Å²) in [5.41, 5.74) is 0.662. The minimum absolute atomic E-state index is 0.330. The number of carbonyl (C=O) groups is 2. The Morgan fingerprint density at radius 2 is 1.86 bits per heavy atom. The lowest BCUT2D eigenvalue weighted by molar-refractivity contribution is -0.548. The van der Waals surface area contributed by atoms with E-state index in [4.69, 9.17) is 0 Å². The molecule has 1 aromatic rings. The van der Waals surface area contributed by atoms with Gasteiger partial charge in [-0.1, -0.05) is 0 Å². The van der Waals surface area contributed by atoms with Crippen molar-refractivity contribution in [1.82, 2.24) is 4.90 Å². The number of nitrogens with zero attached hydrogens (tertiary/aromatic N) is 2. The molecule has 1 aromatic carbocycles. The molecule has 0 aliphatic carbocycles. The van der Waals surface area contributed by atoms with Gasteiger partial charge in [0.1, 0.15) is 0 Å². The number of amides is 1. The molecule has 1 aliphatic rings. The number of rotatable bonds is 3. The van der Waals surface area contributed by atoms with Crippen molar-refractivity contribution in [3.05, 3.63) is 45.5 Å². The van der Waals surface area contributed by atoms with E-state index in [9.17, 15) is 19.7 Å². The Balaban J connectivity index is 2.18. The second-order valence-corrected chi connectivity index (χ2v) is 4.83. The van der Waals surface area contributed by atoms with Crippen LogP contribution in [0.2, 0.25) is 0 Å². The third-order valence-electron chi connectivity index (χ3n) is 3.53. The molecule has 1 fully saturated rings. The number of ether oxygens (including phenoxy) is 1. The van der Waals surface area contributed by atoms with E-state index in [0.717, 1.165) is 12.8 Å². The zero-order chi connectivity index (χ0) is 15.4. The highest BCUT2D eigenvalue weighted by Crippen LogP contribution is 2.20. The molecule has 0 radical (unpaired) electrons. The van der Waals surface area contributed by atoms with Gasteiger partial charge in [0.05, 0.1) is 12.7 Å². The summed E-state index contributed by atoms with van der Waals surface area (Å²) in [5, 5.41) is 11.0. The monoisotopic (exact) mass is 292 g/mol. The minimum atomic E-state index is -0.966. The Morgan fingerprint density at radius 1 is 1.24 bits per heavy atom. The predicted octanol–water partition coefficient (Wildman–Crippen LogP) is 1.70. The normalized spacial score (nSPS) is 18.1. The molecule has 0 saturated carbocycles. The SMILES string of the molecule is COC(=O)c1ccc(C(=O)N2CCCC[C@@H]2[N+](=O)[O-])cc1. The average Bonchev–Trinajstić information content (AvgIpc) is 2.53. The molecule has 0 N–H and O–H groups in total. The van der Waals surface area contributed by atoms with Crippen LogP contribution < -0.4 is 0 Å². The van der Waals surface area contributed by atoms with Crippen molar-refractivity contribution in [1.29, 1.82) is 0 Å². The van der Waals surface area contributed by atoms with Crippen molar-refractivity contribution in [3.8, 4) is 0 Å². The van der Waals surface area contributed by atoms with Gasteiger partial charge in [0.15, 0.2) is 0 Å². The number of benzene rings is 1. The molecule has 1 atom stereocenters. The van der Waals surface area contributed by atoms with Gasteiger partial charge in [-0.15, -0.1) is 0 Å². The van der Waals surface area contributed by atoms with Gasteiger partial charge >= 0.3 is 5.97 Å². The molecular weight excluding hydrogens is 276 g/mol. The smallest absolute Gasteiger partial charge is 0.337 e. The fourth-order valence-corrected chi connectivity index (χ4v) is 2.40. The van der Waals surface area contributed by atoms with E-state index >= 15 is 0 Å². The van der Waals surface area contributed by atoms with Gasteiger partial charge in [-0.2, -0.15) is 0 Å². The van der Waals surface area contributed by atoms with Crippen molar-refractivity contribution in [2.24, 2.45) is 0 Å². The number of likely N-dealkylation sites (tertiary alicyclic amines) is 1. The number of piperidine rings is 1. The van der Waals surface area contributed by atoms with E-state index in [1.165, 1.54) is 36.3 Å². The second kappa shape index (κ2) is 6.34. The molecule has 0 spiro atoms. The predicted molar refractivity (Wildman–Crippen MR) is 73.5 cm³/mol. The van der Waals surface area contributed by atoms with Crippen molar-refractivity contribution >= 4 is 11.9 Å². The quantitative estimate of drug-likeness (QED) is 0.480. The first-order valence-corrected chi connectivity index (χ1v) is 6.67. The van der Waals surface area contributed by atoms with Crippen molar-refractivity contribution < 1.29 is 19.2 Å². The van der Waals surface area contributed by atoms with E-state index in [0.29, 0.717) is 24.1 Å². The fraction of sp³-hybridized carbons (Fsp3) is 0.429. The zero-order valence-corrected chi connectivity index (χ0v) is 11.7. The van der Waals surface area contributed by atoms with Crippen LogP contribution in [0.15, 0.2) is 24.3 Å². The third-order valence-corrected chi connectivity index (χ3v) is 3.53. The minimum Gasteiger partial charge on any atom is -0.465 e. The molecule has 0 aromatic heterocycles. The fourth-order valence-electron chi connectivity index (χ4n) is 2.40. The highest BCUT2D eigenvalue weighted by atomic mass is 16.6. The number of carbonyl (C=O) groups excluding carboxylic acids is 2. The summed E-state index contributed by atoms with van der Waals surface area (Å²) in [5.74, 6) is -0.872. The van der Waals surface area contributed by atoms with Crippen LogP contribution in [0.1, 0.15) is 40.0 Å². The number of nitro groups is 1. The van der Waals surface area contributed by atoms with Gasteiger partial charge in [0.25, 0.3) is 12.1 Å². The topological polar surface area (TPSA) is 89.8 Å². The van der Waals surface area contributed by atoms with Crippen LogP contribution in [0.25, 0.3) is 0 Å². The van der Waals surface area contributed by atoms with Crippen LogP contribution in [-0.4, -0.2) is 41.5 Å². The maximum absolute atomic E-state index is 12.4. The van der Waals surface area contributed by atoms with Crippen LogP contribution in [0.5, 0.6) is 0 Å². The van der Waals surface area contributed by atoms with Gasteiger partial charge in [-0.3, -0.25) is 19.8 Å². The van der Waals surface area contributed by atoms with E-state index in [1.807, 2.05) is 0 Å². The van der Waals surface area contributed by atoms with Crippen molar-refractivity contribution in [2.45, 2.75) is 25.4 Å². The van der Waals surface area contributed by atoms with Crippen LogP contribution >= 0.6 is 0 Å². The standard InChI is InChI=1S/C14H16N2O5/c1-21-14(18)11-7-5-10(6-8-11)13(17)15-9-3-2-4-12(15)16(19)20/h5-8,12H,2-4,9H2,1H3/t12-/m0/s1. The summed E-state index contributed by atoms with van der Waals surface area (Å²) in [4.78, 5) is 35.6. The van der Waals surface area contributed by atoms with E-state index in [2.05, 4.69) is 4.74 Å². The highest BCUT2D eigenvalue weighted by molar-refractivity contribution is 5.96. The van der Waals surface area contributed by atoms with E-state index in [1.54, 1.807) is 0 Å². The van der Waals surface area contributed by atoms with Crippen LogP contribution in [-0.2, 0) is 4.74 Å². The zero-order valence-electron chi connectivity index (χ0n) is 11.7. The molecule has 112 valence electrons. The lowest BCUT2D eigenvalue weighted by atomic mass is 10.1. The van der Waals surface area contributed by atoms with Gasteiger partial charge < -0.3 is 4.74 Å². The maximum atomic E-state index is 12.4. The number of hydrogen-bond acceptors (Lipinski definition) is 5. The summed E-state index contributed by atoms with van der Waals surface area (Å²) < 4.78 is 4.58. The van der Waals surface area contributed by atoms with Gasteiger partial charge in [-0.25, -0.2) is 4.79 Å². The van der Waals surface area contributed by atoms with Crippen molar-refractivity contribution in [3.63, 3.8) is 0 Å². The molecular formula is C14H16N2O5. The molecule has 21 heavy (non-hydrogen) atoms. The van der Waals surface area contributed by atoms with Crippen LogP contribution in [0, 0.1) is 10.1 Å². The second-order valence-electron chi connectivity index (χ2n) is 4.83. The summed E-state index contributed by atoms with van der Waals surface area (Å²) >= 11 is 0. The van der Waals surface area contributed by atoms with E-state index < -0.39 is 17.1 Å². The Bertz CT molecular complexity index is 555. The molecule has 7 nitrogen and oxygen atoms in total. The molecule has 7 heteroatoms. The highest BCUT2D eigenvalue weighted by Gasteiger charge is 2.35. The molecule has 1 aliphatic heterocycles. The lowest BCUT2D eigenvalue weighted by Crippen LogP contribution is -2.47. The Morgan fingerprint density at radius 3 is 2.43 bits per heavy atom. The first-order chi connectivity index (χ1) is 10.0. The van der Waals surface area contributed by atoms with Gasteiger partial charge in [-0.05, 0) is 37.1 Å². The van der Waals surface area contributed by atoms with Gasteiger partial charge in [0.2, 0.25) is 0 Å². The van der Waals surface area contributed by atoms with Gasteiger partial charge in [0, 0.05) is 23.5 Å². The summed E-state index contributed by atoms with van der Waals surface area (Å²) in [6, 6.07) is 5.93. The first kappa shape index (κ1) is 15.0. The Labute approximate surface area is 121 Å². The summed E-state index contributed by atoms with van der Waals surface area (Å²) in [6.07, 6.45) is 0.915. The molecule has 0 bridgehead atoms. The first-order valence-electron chi connectivity index (χ1n) is 6.67. The molecule has 0 unspecified atom stereocenters. The third kappa shape index (κ3) is 3.18. The lowest BCUT2D eigenvalue weighted by Gasteiger charge is -2.29. The van der Waals surface area contributed by atoms with Crippen LogP contribution in [0.3, 0.4) is 0 Å². The van der Waals surface area contributed by atoms with Crippen molar-refractivity contribution in [2.75, 3.05) is 13.7 Å². The maximum Gasteiger partial charge on any atom is 0.337 e. The van der Waals surface area contributed by atoms with Crippen LogP contribution in [0.4, 0.5) is 0 Å². The molecule has 1 heterocycles. The summed E-state index contributed by atoms with van der Waals surface area (Å²) in [6.45, 7) is 0.378. The number of hydrogen-bond donors (Lipinski definition) is 0. The number of esters is 1. The number of methoxy groups -OCH3 is 1. The summed E-state index contributed by atoms with van der Waals surface area (Å²) in [7, 11) is 1.27. The largest absolute Gasteiger partial charge is 0.465 e. The Hall–Kier alpha value is -2.44. The Kier molecular flexibility index (Phi) is 4.52. The molecule has 2 rings (SSSR count). The average molecular weight is 292 g/mol. The molecule has 1 amide bonds. The van der Waals surface area contributed by atoms with E-state index in [-0.39, 0.29) is 5.91 Å². The molecule has 1 saturated heterocycles.